The predicted octanol–water partition coefficient (Wildman–Crippen LogP) is 0.0508. The standard InChI is InChI=1S/C11H17NO4S/c1-16-10-2-4-11(5-3-10)17(14,15)9-7-12-6-8-13/h2-5,12-13H,6-9H2,1H3. The second kappa shape index (κ2) is 6.58. The van der Waals surface area contributed by atoms with Gasteiger partial charge in [0.15, 0.2) is 9.84 Å². The summed E-state index contributed by atoms with van der Waals surface area (Å²) in [5.41, 5.74) is 0. The lowest BCUT2D eigenvalue weighted by Crippen LogP contribution is -2.25. The van der Waals surface area contributed by atoms with Gasteiger partial charge < -0.3 is 15.2 Å². The predicted molar refractivity (Wildman–Crippen MR) is 65.0 cm³/mol. The fourth-order valence-corrected chi connectivity index (χ4v) is 2.51. The molecule has 1 aromatic carbocycles. The summed E-state index contributed by atoms with van der Waals surface area (Å²) < 4.78 is 28.7. The Morgan fingerprint density at radius 3 is 2.41 bits per heavy atom. The number of rotatable bonds is 7. The molecule has 0 radical (unpaired) electrons. The number of hydrogen-bond acceptors (Lipinski definition) is 5. The Balaban J connectivity index is 2.62. The van der Waals surface area contributed by atoms with Crippen molar-refractivity contribution < 1.29 is 18.3 Å². The topological polar surface area (TPSA) is 75.6 Å². The van der Waals surface area contributed by atoms with Crippen molar-refractivity contribution in [2.45, 2.75) is 4.90 Å². The van der Waals surface area contributed by atoms with Crippen molar-refractivity contribution >= 4 is 9.84 Å². The Labute approximate surface area is 101 Å². The molecule has 0 aliphatic rings. The lowest BCUT2D eigenvalue weighted by Gasteiger charge is -2.06. The number of methoxy groups -OCH3 is 1. The van der Waals surface area contributed by atoms with E-state index < -0.39 is 9.84 Å². The second-order valence-electron chi connectivity index (χ2n) is 3.47. The summed E-state index contributed by atoms with van der Waals surface area (Å²) in [6, 6.07) is 6.29. The van der Waals surface area contributed by atoms with Gasteiger partial charge in [-0.15, -0.1) is 0 Å². The molecule has 0 atom stereocenters. The number of hydrogen-bond donors (Lipinski definition) is 2. The van der Waals surface area contributed by atoms with Gasteiger partial charge in [-0.3, -0.25) is 0 Å². The zero-order valence-corrected chi connectivity index (χ0v) is 10.5. The summed E-state index contributed by atoms with van der Waals surface area (Å²) in [5, 5.41) is 11.4. The first-order valence-corrected chi connectivity index (χ1v) is 6.94. The number of aliphatic hydroxyl groups is 1. The Kier molecular flexibility index (Phi) is 5.40. The highest BCUT2D eigenvalue weighted by Crippen LogP contribution is 2.16. The van der Waals surface area contributed by atoms with E-state index in [1.165, 1.54) is 19.2 Å². The SMILES string of the molecule is COc1ccc(S(=O)(=O)CCNCCO)cc1. The summed E-state index contributed by atoms with van der Waals surface area (Å²) in [5.74, 6) is 0.640. The Morgan fingerprint density at radius 1 is 1.24 bits per heavy atom. The zero-order chi connectivity index (χ0) is 12.7. The first-order chi connectivity index (χ1) is 8.10. The molecule has 0 spiro atoms. The van der Waals surface area contributed by atoms with Gasteiger partial charge in [-0.1, -0.05) is 0 Å². The van der Waals surface area contributed by atoms with Gasteiger partial charge in [0.1, 0.15) is 5.75 Å². The van der Waals surface area contributed by atoms with E-state index in [9.17, 15) is 8.42 Å². The molecule has 0 aliphatic carbocycles. The third-order valence-electron chi connectivity index (χ3n) is 2.25. The van der Waals surface area contributed by atoms with Crippen LogP contribution < -0.4 is 10.1 Å². The lowest BCUT2D eigenvalue weighted by atomic mass is 10.3. The number of nitrogens with one attached hydrogen (secondary N) is 1. The molecule has 0 amide bonds. The molecule has 0 heterocycles. The van der Waals surface area contributed by atoms with Crippen LogP contribution in [0.15, 0.2) is 29.2 Å². The molecule has 0 saturated carbocycles. The lowest BCUT2D eigenvalue weighted by molar-refractivity contribution is 0.293. The monoisotopic (exact) mass is 259 g/mol. The molecule has 0 saturated heterocycles. The molecule has 6 heteroatoms. The van der Waals surface area contributed by atoms with E-state index in [1.807, 2.05) is 0 Å². The van der Waals surface area contributed by atoms with Crippen molar-refractivity contribution in [2.24, 2.45) is 0 Å². The quantitative estimate of drug-likeness (QED) is 0.677. The van der Waals surface area contributed by atoms with Crippen molar-refractivity contribution in [3.63, 3.8) is 0 Å². The third kappa shape index (κ3) is 4.33. The fraction of sp³-hybridized carbons (Fsp3) is 0.455. The van der Waals surface area contributed by atoms with Gasteiger partial charge in [0.25, 0.3) is 0 Å². The van der Waals surface area contributed by atoms with Crippen LogP contribution in [0.25, 0.3) is 0 Å². The number of sulfone groups is 1. The second-order valence-corrected chi connectivity index (χ2v) is 5.58. The highest BCUT2D eigenvalue weighted by Gasteiger charge is 2.13. The molecule has 0 fully saturated rings. The molecule has 17 heavy (non-hydrogen) atoms. The van der Waals surface area contributed by atoms with E-state index in [4.69, 9.17) is 9.84 Å². The average Bonchev–Trinajstić information content (AvgIpc) is 2.35. The van der Waals surface area contributed by atoms with Gasteiger partial charge in [0, 0.05) is 13.1 Å². The Hall–Kier alpha value is -1.11. The minimum atomic E-state index is -3.27. The largest absolute Gasteiger partial charge is 0.497 e. The van der Waals surface area contributed by atoms with E-state index in [0.717, 1.165) is 0 Å². The Morgan fingerprint density at radius 2 is 1.88 bits per heavy atom. The van der Waals surface area contributed by atoms with Crippen LogP contribution in [0.4, 0.5) is 0 Å². The molecule has 0 aromatic heterocycles. The molecule has 2 N–H and O–H groups in total. The van der Waals surface area contributed by atoms with E-state index in [0.29, 0.717) is 18.8 Å². The molecule has 1 rings (SSSR count). The summed E-state index contributed by atoms with van der Waals surface area (Å²) in [7, 11) is -1.74. The number of ether oxygens (including phenoxy) is 1. The molecular weight excluding hydrogens is 242 g/mol. The van der Waals surface area contributed by atoms with Crippen LogP contribution in [0.3, 0.4) is 0 Å². The first kappa shape index (κ1) is 14.0. The Bertz CT molecular complexity index is 427. The van der Waals surface area contributed by atoms with Crippen molar-refractivity contribution in [3.8, 4) is 5.75 Å². The molecule has 5 nitrogen and oxygen atoms in total. The van der Waals surface area contributed by atoms with Crippen LogP contribution in [0, 0.1) is 0 Å². The maximum Gasteiger partial charge on any atom is 0.179 e. The average molecular weight is 259 g/mol. The molecular formula is C11H17NO4S. The molecule has 0 bridgehead atoms. The molecule has 0 unspecified atom stereocenters. The van der Waals surface area contributed by atoms with Crippen molar-refractivity contribution in [1.82, 2.24) is 5.32 Å². The summed E-state index contributed by atoms with van der Waals surface area (Å²) in [6.45, 7) is 0.732. The van der Waals surface area contributed by atoms with Crippen LogP contribution in [0.5, 0.6) is 5.75 Å². The van der Waals surface area contributed by atoms with E-state index in [-0.39, 0.29) is 17.3 Å². The van der Waals surface area contributed by atoms with Gasteiger partial charge >= 0.3 is 0 Å². The maximum atomic E-state index is 11.9. The van der Waals surface area contributed by atoms with Crippen LogP contribution >= 0.6 is 0 Å². The minimum Gasteiger partial charge on any atom is -0.497 e. The van der Waals surface area contributed by atoms with Gasteiger partial charge in [-0.2, -0.15) is 0 Å². The van der Waals surface area contributed by atoms with Crippen molar-refractivity contribution in [2.75, 3.05) is 32.6 Å². The van der Waals surface area contributed by atoms with Crippen LogP contribution in [0.2, 0.25) is 0 Å². The normalized spacial score (nSPS) is 11.4. The number of benzene rings is 1. The number of aliphatic hydroxyl groups excluding tert-OH is 1. The highest BCUT2D eigenvalue weighted by atomic mass is 32.2. The van der Waals surface area contributed by atoms with Crippen molar-refractivity contribution in [1.29, 1.82) is 0 Å². The van der Waals surface area contributed by atoms with Crippen LogP contribution in [-0.2, 0) is 9.84 Å². The van der Waals surface area contributed by atoms with E-state index in [1.54, 1.807) is 12.1 Å². The van der Waals surface area contributed by atoms with Crippen LogP contribution in [-0.4, -0.2) is 46.1 Å². The van der Waals surface area contributed by atoms with E-state index >= 15 is 0 Å². The smallest absolute Gasteiger partial charge is 0.179 e. The van der Waals surface area contributed by atoms with Gasteiger partial charge in [-0.25, -0.2) is 8.42 Å². The van der Waals surface area contributed by atoms with E-state index in [2.05, 4.69) is 5.32 Å². The van der Waals surface area contributed by atoms with Crippen molar-refractivity contribution in [3.05, 3.63) is 24.3 Å². The van der Waals surface area contributed by atoms with Crippen LogP contribution in [0.1, 0.15) is 0 Å². The summed E-state index contributed by atoms with van der Waals surface area (Å²) in [6.07, 6.45) is 0. The van der Waals surface area contributed by atoms with Gasteiger partial charge in [0.05, 0.1) is 24.4 Å². The maximum absolute atomic E-state index is 11.9. The zero-order valence-electron chi connectivity index (χ0n) is 9.72. The summed E-state index contributed by atoms with van der Waals surface area (Å²) >= 11 is 0. The molecule has 96 valence electrons. The highest BCUT2D eigenvalue weighted by molar-refractivity contribution is 7.91. The third-order valence-corrected chi connectivity index (χ3v) is 3.99. The minimum absolute atomic E-state index is 0.00256. The molecule has 1 aromatic rings. The summed E-state index contributed by atoms with van der Waals surface area (Å²) in [4.78, 5) is 0.282. The van der Waals surface area contributed by atoms with Gasteiger partial charge in [0.2, 0.25) is 0 Å². The van der Waals surface area contributed by atoms with Gasteiger partial charge in [-0.05, 0) is 24.3 Å². The molecule has 0 aliphatic heterocycles. The first-order valence-electron chi connectivity index (χ1n) is 5.28. The fourth-order valence-electron chi connectivity index (χ4n) is 1.31.